The minimum Gasteiger partial charge on any atom is -0.379 e. The zero-order chi connectivity index (χ0) is 12.3. The Labute approximate surface area is 110 Å². The van der Waals surface area contributed by atoms with Crippen LogP contribution in [0.5, 0.6) is 0 Å². The molecule has 1 atom stereocenters. The van der Waals surface area contributed by atoms with Crippen LogP contribution < -0.4 is 0 Å². The quantitative estimate of drug-likeness (QED) is 0.829. The molecule has 0 bridgehead atoms. The van der Waals surface area contributed by atoms with Gasteiger partial charge in [-0.2, -0.15) is 5.26 Å². The smallest absolute Gasteiger partial charge is 0.126 e. The van der Waals surface area contributed by atoms with Gasteiger partial charge < -0.3 is 4.74 Å². The molecule has 1 heterocycles. The summed E-state index contributed by atoms with van der Waals surface area (Å²) >= 11 is 12.3. The lowest BCUT2D eigenvalue weighted by Crippen LogP contribution is -2.38. The van der Waals surface area contributed by atoms with Crippen LogP contribution in [0.2, 0.25) is 10.0 Å². The van der Waals surface area contributed by atoms with E-state index in [0.29, 0.717) is 28.8 Å². The summed E-state index contributed by atoms with van der Waals surface area (Å²) in [6.45, 7) is 2.72. The zero-order valence-corrected chi connectivity index (χ0v) is 10.7. The highest BCUT2D eigenvalue weighted by Crippen LogP contribution is 2.33. The molecule has 1 aliphatic rings. The van der Waals surface area contributed by atoms with E-state index in [-0.39, 0.29) is 0 Å². The van der Waals surface area contributed by atoms with E-state index >= 15 is 0 Å². The van der Waals surface area contributed by atoms with Crippen LogP contribution in [0, 0.1) is 11.3 Å². The number of hydrogen-bond acceptors (Lipinski definition) is 3. The van der Waals surface area contributed by atoms with Crippen LogP contribution >= 0.6 is 23.2 Å². The van der Waals surface area contributed by atoms with E-state index in [1.54, 1.807) is 18.2 Å². The van der Waals surface area contributed by atoms with E-state index in [1.807, 2.05) is 4.90 Å². The number of ether oxygens (including phenoxy) is 1. The summed E-state index contributed by atoms with van der Waals surface area (Å²) in [5, 5.41) is 10.4. The molecule has 3 nitrogen and oxygen atoms in total. The number of hydrogen-bond donors (Lipinski definition) is 0. The summed E-state index contributed by atoms with van der Waals surface area (Å²) in [5.74, 6) is 0. The Hall–Kier alpha value is -0.790. The second-order valence-corrected chi connectivity index (χ2v) is 4.63. The number of nitrogens with zero attached hydrogens (tertiary/aromatic N) is 2. The van der Waals surface area contributed by atoms with E-state index < -0.39 is 6.04 Å². The highest BCUT2D eigenvalue weighted by molar-refractivity contribution is 6.36. The SMILES string of the molecule is N#C[C@H](c1c(Cl)cccc1Cl)N1CCOCC1. The van der Waals surface area contributed by atoms with E-state index in [1.165, 1.54) is 0 Å². The standard InChI is InChI=1S/C12H12Cl2N2O/c13-9-2-1-3-10(14)12(9)11(8-15)16-4-6-17-7-5-16/h1-3,11H,4-7H2/t11-/m1/s1. The monoisotopic (exact) mass is 270 g/mol. The van der Waals surface area contributed by atoms with Gasteiger partial charge in [0.15, 0.2) is 0 Å². The molecule has 2 rings (SSSR count). The molecule has 90 valence electrons. The van der Waals surface area contributed by atoms with Crippen molar-refractivity contribution in [3.05, 3.63) is 33.8 Å². The molecule has 1 saturated heterocycles. The minimum absolute atomic E-state index is 0.403. The molecule has 1 aromatic carbocycles. The van der Waals surface area contributed by atoms with Crippen molar-refractivity contribution >= 4 is 23.2 Å². The van der Waals surface area contributed by atoms with E-state index in [4.69, 9.17) is 27.9 Å². The first-order valence-corrected chi connectivity index (χ1v) is 6.15. The summed E-state index contributed by atoms with van der Waals surface area (Å²) in [7, 11) is 0. The van der Waals surface area contributed by atoms with Crippen molar-refractivity contribution in [2.75, 3.05) is 26.3 Å². The fraction of sp³-hybridized carbons (Fsp3) is 0.417. The van der Waals surface area contributed by atoms with Crippen molar-refractivity contribution in [2.45, 2.75) is 6.04 Å². The van der Waals surface area contributed by atoms with E-state index in [9.17, 15) is 5.26 Å². The highest BCUT2D eigenvalue weighted by atomic mass is 35.5. The molecule has 0 radical (unpaired) electrons. The fourth-order valence-electron chi connectivity index (χ4n) is 1.94. The van der Waals surface area contributed by atoms with Crippen molar-refractivity contribution in [3.8, 4) is 6.07 Å². The van der Waals surface area contributed by atoms with Gasteiger partial charge in [0.1, 0.15) is 6.04 Å². The number of benzene rings is 1. The molecule has 5 heteroatoms. The van der Waals surface area contributed by atoms with Crippen LogP contribution in [0.3, 0.4) is 0 Å². The first kappa shape index (κ1) is 12.7. The van der Waals surface area contributed by atoms with Gasteiger partial charge in [0.05, 0.1) is 19.3 Å². The Kier molecular flexibility index (Phi) is 4.25. The van der Waals surface area contributed by atoms with Crippen molar-refractivity contribution in [1.82, 2.24) is 4.90 Å². The van der Waals surface area contributed by atoms with E-state index in [2.05, 4.69) is 6.07 Å². The molecule has 0 saturated carbocycles. The summed E-state index contributed by atoms with van der Waals surface area (Å²) in [6.07, 6.45) is 0. The van der Waals surface area contributed by atoms with Crippen LogP contribution in [-0.2, 0) is 4.74 Å². The first-order valence-electron chi connectivity index (χ1n) is 5.39. The minimum atomic E-state index is -0.403. The molecule has 0 aliphatic carbocycles. The Bertz CT molecular complexity index is 418. The van der Waals surface area contributed by atoms with Crippen LogP contribution in [0.15, 0.2) is 18.2 Å². The maximum atomic E-state index is 9.33. The Balaban J connectivity index is 2.32. The van der Waals surface area contributed by atoms with Gasteiger partial charge in [0.25, 0.3) is 0 Å². The molecular weight excluding hydrogens is 259 g/mol. The predicted octanol–water partition coefficient (Wildman–Crippen LogP) is 2.89. The van der Waals surface area contributed by atoms with Gasteiger partial charge in [-0.05, 0) is 12.1 Å². The number of nitriles is 1. The van der Waals surface area contributed by atoms with Gasteiger partial charge in [0, 0.05) is 28.7 Å². The third kappa shape index (κ3) is 2.72. The molecule has 1 fully saturated rings. The Morgan fingerprint density at radius 3 is 2.35 bits per heavy atom. The fourth-order valence-corrected chi connectivity index (χ4v) is 2.54. The Morgan fingerprint density at radius 2 is 1.82 bits per heavy atom. The van der Waals surface area contributed by atoms with Crippen molar-refractivity contribution in [2.24, 2.45) is 0 Å². The van der Waals surface area contributed by atoms with Gasteiger partial charge in [-0.1, -0.05) is 29.3 Å². The van der Waals surface area contributed by atoms with Gasteiger partial charge in [-0.3, -0.25) is 4.90 Å². The molecule has 0 unspecified atom stereocenters. The summed E-state index contributed by atoms with van der Waals surface area (Å²) in [4.78, 5) is 2.04. The van der Waals surface area contributed by atoms with Crippen LogP contribution in [0.4, 0.5) is 0 Å². The first-order chi connectivity index (χ1) is 8.24. The Morgan fingerprint density at radius 1 is 1.24 bits per heavy atom. The number of rotatable bonds is 2. The summed E-state index contributed by atoms with van der Waals surface area (Å²) in [6, 6.07) is 7.16. The predicted molar refractivity (Wildman–Crippen MR) is 67.2 cm³/mol. The third-order valence-corrected chi connectivity index (χ3v) is 3.47. The maximum absolute atomic E-state index is 9.33. The van der Waals surface area contributed by atoms with Gasteiger partial charge in [-0.25, -0.2) is 0 Å². The topological polar surface area (TPSA) is 36.3 Å². The van der Waals surface area contributed by atoms with Crippen LogP contribution in [0.25, 0.3) is 0 Å². The molecule has 1 aromatic rings. The summed E-state index contributed by atoms with van der Waals surface area (Å²) < 4.78 is 5.27. The normalized spacial score (nSPS) is 18.6. The second kappa shape index (κ2) is 5.70. The van der Waals surface area contributed by atoms with Gasteiger partial charge in [-0.15, -0.1) is 0 Å². The lowest BCUT2D eigenvalue weighted by molar-refractivity contribution is 0.0267. The number of morpholine rings is 1. The lowest BCUT2D eigenvalue weighted by atomic mass is 10.1. The van der Waals surface area contributed by atoms with Crippen molar-refractivity contribution in [3.63, 3.8) is 0 Å². The molecular formula is C12H12Cl2N2O. The number of halogens is 2. The zero-order valence-electron chi connectivity index (χ0n) is 9.20. The molecule has 0 aromatic heterocycles. The molecule has 17 heavy (non-hydrogen) atoms. The molecule has 0 amide bonds. The van der Waals surface area contributed by atoms with Gasteiger partial charge in [0.2, 0.25) is 0 Å². The average Bonchev–Trinajstić information content (AvgIpc) is 2.35. The maximum Gasteiger partial charge on any atom is 0.126 e. The van der Waals surface area contributed by atoms with Gasteiger partial charge >= 0.3 is 0 Å². The van der Waals surface area contributed by atoms with Crippen molar-refractivity contribution in [1.29, 1.82) is 5.26 Å². The van der Waals surface area contributed by atoms with Crippen LogP contribution in [-0.4, -0.2) is 31.2 Å². The summed E-state index contributed by atoms with van der Waals surface area (Å²) in [5.41, 5.74) is 0.695. The average molecular weight is 271 g/mol. The second-order valence-electron chi connectivity index (χ2n) is 3.82. The lowest BCUT2D eigenvalue weighted by Gasteiger charge is -2.31. The van der Waals surface area contributed by atoms with E-state index in [0.717, 1.165) is 13.1 Å². The molecule has 0 spiro atoms. The molecule has 1 aliphatic heterocycles. The highest BCUT2D eigenvalue weighted by Gasteiger charge is 2.25. The van der Waals surface area contributed by atoms with Crippen LogP contribution in [0.1, 0.15) is 11.6 Å². The van der Waals surface area contributed by atoms with Crippen molar-refractivity contribution < 1.29 is 4.74 Å². The molecule has 0 N–H and O–H groups in total. The third-order valence-electron chi connectivity index (χ3n) is 2.81. The largest absolute Gasteiger partial charge is 0.379 e.